The topological polar surface area (TPSA) is 141 Å². The van der Waals surface area contributed by atoms with Gasteiger partial charge in [0.15, 0.2) is 10.3 Å². The number of imidazole rings is 2. The van der Waals surface area contributed by atoms with Gasteiger partial charge in [0.1, 0.15) is 0 Å². The molecule has 1 unspecified atom stereocenters. The molecule has 4 aromatic rings. The molecule has 0 spiro atoms. The highest BCUT2D eigenvalue weighted by atomic mass is 32.2. The van der Waals surface area contributed by atoms with E-state index in [1.165, 1.54) is 0 Å². The van der Waals surface area contributed by atoms with Crippen molar-refractivity contribution in [3.05, 3.63) is 58.2 Å². The molecule has 1 aliphatic heterocycles. The van der Waals surface area contributed by atoms with Gasteiger partial charge in [-0.3, -0.25) is 0 Å². The summed E-state index contributed by atoms with van der Waals surface area (Å²) in [5.41, 5.74) is 3.00. The van der Waals surface area contributed by atoms with Crippen LogP contribution in [0, 0.1) is 13.8 Å². The number of cyclic esters (lactones) is 1. The number of hydrogen-bond acceptors (Lipinski definition) is 8. The van der Waals surface area contributed by atoms with E-state index in [9.17, 15) is 19.8 Å². The first-order valence-corrected chi connectivity index (χ1v) is 11.7. The molecule has 0 aliphatic carbocycles. The van der Waals surface area contributed by atoms with Crippen LogP contribution < -0.4 is 0 Å². The quantitative estimate of drug-likeness (QED) is 0.236. The number of aliphatic hydroxyl groups excluding tert-OH is 1. The Hall–Kier alpha value is -3.44. The normalized spacial score (nSPS) is 18.4. The highest BCUT2D eigenvalue weighted by molar-refractivity contribution is 8.03. The number of esters is 1. The van der Waals surface area contributed by atoms with E-state index in [0.717, 1.165) is 51.2 Å². The van der Waals surface area contributed by atoms with Gasteiger partial charge in [0.05, 0.1) is 32.7 Å². The number of nitrogens with zero attached hydrogens (tertiary/aromatic N) is 2. The van der Waals surface area contributed by atoms with Crippen LogP contribution in [0.1, 0.15) is 11.1 Å². The smallest absolute Gasteiger partial charge is 0.375 e. The lowest BCUT2D eigenvalue weighted by Crippen LogP contribution is -2.43. The molecule has 33 heavy (non-hydrogen) atoms. The molecule has 168 valence electrons. The zero-order chi connectivity index (χ0) is 23.3. The van der Waals surface area contributed by atoms with Gasteiger partial charge in [0.2, 0.25) is 5.76 Å². The zero-order valence-corrected chi connectivity index (χ0v) is 19.1. The van der Waals surface area contributed by atoms with E-state index in [1.54, 1.807) is 0 Å². The summed E-state index contributed by atoms with van der Waals surface area (Å²) in [6.07, 6.45) is 0. The maximum absolute atomic E-state index is 12.4. The lowest BCUT2D eigenvalue weighted by Gasteiger charge is -2.24. The Kier molecular flexibility index (Phi) is 5.09. The SMILES string of the molecule is Cc1ccc2nc(SCC3(C(=O)O)OC(=O)C(O)=C3Sc3nc4ccc(C)cc4[nH]3)[nH]c2c1. The van der Waals surface area contributed by atoms with E-state index in [4.69, 9.17) is 4.74 Å². The third-order valence-electron chi connectivity index (χ3n) is 5.23. The number of thioether (sulfide) groups is 2. The highest BCUT2D eigenvalue weighted by Gasteiger charge is 2.55. The maximum atomic E-state index is 12.4. The van der Waals surface area contributed by atoms with Crippen LogP contribution in [0.5, 0.6) is 0 Å². The van der Waals surface area contributed by atoms with Gasteiger partial charge < -0.3 is 24.9 Å². The van der Waals surface area contributed by atoms with Crippen molar-refractivity contribution in [3.8, 4) is 0 Å². The summed E-state index contributed by atoms with van der Waals surface area (Å²) in [4.78, 5) is 39.6. The molecule has 1 atom stereocenters. The summed E-state index contributed by atoms with van der Waals surface area (Å²) in [6.45, 7) is 3.90. The predicted molar refractivity (Wildman–Crippen MR) is 124 cm³/mol. The standard InChI is InChI=1S/C22H18N4O5S2/c1-10-3-5-12-14(7-10)25-20(23-12)32-9-22(19(29)30)17(16(27)18(28)31-22)33-21-24-13-6-4-11(2)8-15(13)26-21/h3-8,27H,9H2,1-2H3,(H,23,25)(H,24,26)(H,29,30). The Morgan fingerprint density at radius 2 is 1.61 bits per heavy atom. The molecule has 0 bridgehead atoms. The number of aliphatic hydroxyl groups is 1. The van der Waals surface area contributed by atoms with Crippen molar-refractivity contribution in [2.24, 2.45) is 0 Å². The number of carboxylic acid groups (broad SMARTS) is 1. The third kappa shape index (κ3) is 3.72. The second-order valence-corrected chi connectivity index (χ2v) is 9.68. The number of aromatic nitrogens is 4. The molecule has 0 saturated heterocycles. The molecule has 0 fully saturated rings. The number of rotatable bonds is 6. The predicted octanol–water partition coefficient (Wildman–Crippen LogP) is 4.09. The van der Waals surface area contributed by atoms with Gasteiger partial charge in [-0.15, -0.1) is 0 Å². The van der Waals surface area contributed by atoms with Crippen LogP contribution in [-0.4, -0.2) is 53.4 Å². The van der Waals surface area contributed by atoms with E-state index in [0.29, 0.717) is 15.8 Å². The molecule has 0 saturated carbocycles. The lowest BCUT2D eigenvalue weighted by atomic mass is 10.1. The minimum atomic E-state index is -2.08. The number of carboxylic acids is 1. The van der Waals surface area contributed by atoms with Crippen molar-refractivity contribution < 1.29 is 24.5 Å². The largest absolute Gasteiger partial charge is 0.501 e. The van der Waals surface area contributed by atoms with Gasteiger partial charge in [0, 0.05) is 0 Å². The number of H-pyrrole nitrogens is 2. The Labute approximate surface area is 195 Å². The first-order chi connectivity index (χ1) is 15.7. The second kappa shape index (κ2) is 7.85. The van der Waals surface area contributed by atoms with Gasteiger partial charge in [-0.2, -0.15) is 0 Å². The summed E-state index contributed by atoms with van der Waals surface area (Å²) in [5.74, 6) is -3.42. The van der Waals surface area contributed by atoms with Crippen LogP contribution in [0.3, 0.4) is 0 Å². The summed E-state index contributed by atoms with van der Waals surface area (Å²) >= 11 is 1.95. The van der Waals surface area contributed by atoms with Crippen LogP contribution in [0.2, 0.25) is 0 Å². The molecule has 2 aromatic carbocycles. The molecular formula is C22H18N4O5S2. The first-order valence-electron chi connectivity index (χ1n) is 9.89. The average molecular weight is 483 g/mol. The van der Waals surface area contributed by atoms with Crippen molar-refractivity contribution in [3.63, 3.8) is 0 Å². The molecule has 0 radical (unpaired) electrons. The molecule has 9 nitrogen and oxygen atoms in total. The van der Waals surface area contributed by atoms with Crippen molar-refractivity contribution in [1.82, 2.24) is 19.9 Å². The Morgan fingerprint density at radius 3 is 2.21 bits per heavy atom. The number of ether oxygens (including phenoxy) is 1. The molecule has 5 rings (SSSR count). The van der Waals surface area contributed by atoms with Crippen molar-refractivity contribution in [2.45, 2.75) is 29.8 Å². The first kappa shape index (κ1) is 21.4. The van der Waals surface area contributed by atoms with Crippen LogP contribution in [0.15, 0.2) is 57.4 Å². The number of aliphatic carboxylic acids is 1. The van der Waals surface area contributed by atoms with Crippen LogP contribution in [-0.2, 0) is 14.3 Å². The van der Waals surface area contributed by atoms with E-state index in [2.05, 4.69) is 19.9 Å². The zero-order valence-electron chi connectivity index (χ0n) is 17.5. The van der Waals surface area contributed by atoms with Gasteiger partial charge in [-0.1, -0.05) is 23.9 Å². The fourth-order valence-corrected chi connectivity index (χ4v) is 5.70. The third-order valence-corrected chi connectivity index (χ3v) is 7.36. The van der Waals surface area contributed by atoms with Crippen LogP contribution in [0.4, 0.5) is 0 Å². The Bertz CT molecular complexity index is 1470. The summed E-state index contributed by atoms with van der Waals surface area (Å²) in [6, 6.07) is 11.4. The fourth-order valence-electron chi connectivity index (χ4n) is 3.55. The summed E-state index contributed by atoms with van der Waals surface area (Å²) < 4.78 is 5.23. The molecule has 0 amide bonds. The lowest BCUT2D eigenvalue weighted by molar-refractivity contribution is -0.165. The number of hydrogen-bond donors (Lipinski definition) is 4. The minimum absolute atomic E-state index is 0.129. The summed E-state index contributed by atoms with van der Waals surface area (Å²) in [5, 5.41) is 21.3. The monoisotopic (exact) mass is 482 g/mol. The molecule has 1 aliphatic rings. The van der Waals surface area contributed by atoms with Crippen molar-refractivity contribution in [1.29, 1.82) is 0 Å². The Balaban J connectivity index is 1.47. The number of benzene rings is 2. The van der Waals surface area contributed by atoms with Gasteiger partial charge in [0.25, 0.3) is 5.60 Å². The molecule has 11 heteroatoms. The van der Waals surface area contributed by atoms with E-state index in [-0.39, 0.29) is 10.7 Å². The van der Waals surface area contributed by atoms with E-state index in [1.807, 2.05) is 50.2 Å². The second-order valence-electron chi connectivity index (χ2n) is 7.72. The average Bonchev–Trinajstić information content (AvgIpc) is 3.42. The van der Waals surface area contributed by atoms with Gasteiger partial charge >= 0.3 is 11.9 Å². The number of carbonyl (C=O) groups excluding carboxylic acids is 1. The van der Waals surface area contributed by atoms with E-state index < -0.39 is 23.3 Å². The number of aryl methyl sites for hydroxylation is 2. The number of nitrogens with one attached hydrogen (secondary N) is 2. The summed E-state index contributed by atoms with van der Waals surface area (Å²) in [7, 11) is 0. The Morgan fingerprint density at radius 1 is 1.03 bits per heavy atom. The maximum Gasteiger partial charge on any atom is 0.375 e. The molecule has 3 heterocycles. The van der Waals surface area contributed by atoms with E-state index >= 15 is 0 Å². The number of aromatic amines is 2. The minimum Gasteiger partial charge on any atom is -0.501 e. The highest BCUT2D eigenvalue weighted by Crippen LogP contribution is 2.45. The van der Waals surface area contributed by atoms with Gasteiger partial charge in [-0.05, 0) is 61.0 Å². The van der Waals surface area contributed by atoms with Crippen molar-refractivity contribution >= 4 is 57.5 Å². The molecule has 2 aromatic heterocycles. The fraction of sp³-hybridized carbons (Fsp3) is 0.182. The van der Waals surface area contributed by atoms with Gasteiger partial charge in [-0.25, -0.2) is 19.6 Å². The van der Waals surface area contributed by atoms with Crippen molar-refractivity contribution in [2.75, 3.05) is 5.75 Å². The number of fused-ring (bicyclic) bond motifs is 2. The van der Waals surface area contributed by atoms with Crippen LogP contribution >= 0.6 is 23.5 Å². The van der Waals surface area contributed by atoms with Crippen LogP contribution in [0.25, 0.3) is 22.1 Å². The number of carbonyl (C=O) groups is 2. The molecule has 4 N–H and O–H groups in total. The molecular weight excluding hydrogens is 464 g/mol.